The molecule has 0 saturated carbocycles. The Hall–Kier alpha value is -1.36. The first-order valence-electron chi connectivity index (χ1n) is 3.12. The minimum Gasteiger partial charge on any atom is -0.322 e. The van der Waals surface area contributed by atoms with Gasteiger partial charge in [0.15, 0.2) is 5.15 Å². The van der Waals surface area contributed by atoms with Crippen LogP contribution in [0.25, 0.3) is 0 Å². The van der Waals surface area contributed by atoms with Gasteiger partial charge >= 0.3 is 0 Å². The van der Waals surface area contributed by atoms with E-state index in [0.717, 1.165) is 0 Å². The fourth-order valence-electron chi connectivity index (χ4n) is 0.664. The number of rotatable bonds is 1. The van der Waals surface area contributed by atoms with E-state index in [0.29, 0.717) is 0 Å². The fraction of sp³-hybridized carbons (Fsp3) is 0.167. The maximum absolute atomic E-state index is 10.9. The van der Waals surface area contributed by atoms with E-state index in [4.69, 9.17) is 11.6 Å². The summed E-state index contributed by atoms with van der Waals surface area (Å²) in [7, 11) is 0. The number of carbonyl (C=O) groups excluding carboxylic acids is 1. The second-order valence-corrected chi connectivity index (χ2v) is 2.50. The lowest BCUT2D eigenvalue weighted by molar-refractivity contribution is -0.114. The molecule has 1 amide bonds. The number of nitrogens with one attached hydrogen (secondary N) is 2. The summed E-state index contributed by atoms with van der Waals surface area (Å²) in [5.41, 5.74) is -0.378. The molecule has 0 unspecified atom stereocenters. The number of amides is 1. The largest absolute Gasteiger partial charge is 0.322 e. The van der Waals surface area contributed by atoms with Crippen molar-refractivity contribution in [2.75, 3.05) is 5.32 Å². The van der Waals surface area contributed by atoms with Crippen molar-refractivity contribution in [1.82, 2.24) is 10.2 Å². The number of carbonyl (C=O) groups is 1. The normalized spacial score (nSPS) is 9.50. The highest BCUT2D eigenvalue weighted by atomic mass is 35.5. The summed E-state index contributed by atoms with van der Waals surface area (Å²) in [5.74, 6) is -0.331. The van der Waals surface area contributed by atoms with Gasteiger partial charge in [0.05, 0.1) is 0 Å². The smallest absolute Gasteiger partial charge is 0.288 e. The van der Waals surface area contributed by atoms with Crippen LogP contribution in [-0.4, -0.2) is 16.1 Å². The van der Waals surface area contributed by atoms with Crippen molar-refractivity contribution in [2.24, 2.45) is 0 Å². The van der Waals surface area contributed by atoms with Gasteiger partial charge in [0.25, 0.3) is 5.56 Å². The first kappa shape index (κ1) is 8.73. The molecule has 0 atom stereocenters. The third kappa shape index (κ3) is 2.06. The highest BCUT2D eigenvalue weighted by Gasteiger charge is 2.01. The predicted molar refractivity (Wildman–Crippen MR) is 44.2 cm³/mol. The van der Waals surface area contributed by atoms with Gasteiger partial charge in [-0.15, -0.1) is 0 Å². The van der Waals surface area contributed by atoms with Crippen LogP contribution in [0.2, 0.25) is 5.15 Å². The minimum atomic E-state index is -0.477. The number of anilines is 1. The number of aromatic amines is 1. The summed E-state index contributed by atoms with van der Waals surface area (Å²) in [6.45, 7) is 1.30. The van der Waals surface area contributed by atoms with E-state index < -0.39 is 5.56 Å². The summed E-state index contributed by atoms with van der Waals surface area (Å²) >= 11 is 5.47. The zero-order valence-corrected chi connectivity index (χ0v) is 6.97. The monoisotopic (exact) mass is 187 g/mol. The van der Waals surface area contributed by atoms with Crippen molar-refractivity contribution in [2.45, 2.75) is 6.92 Å². The SMILES string of the molecule is CC(=O)Nc1cc(Cl)n[nH]c1=O. The van der Waals surface area contributed by atoms with E-state index in [1.165, 1.54) is 13.0 Å². The number of hydrogen-bond acceptors (Lipinski definition) is 3. The Kier molecular flexibility index (Phi) is 2.44. The fourth-order valence-corrected chi connectivity index (χ4v) is 0.815. The van der Waals surface area contributed by atoms with Crippen LogP contribution in [0.1, 0.15) is 6.92 Å². The molecule has 0 fully saturated rings. The Morgan fingerprint density at radius 3 is 3.00 bits per heavy atom. The number of aromatic nitrogens is 2. The predicted octanol–water partition coefficient (Wildman–Crippen LogP) is 0.382. The first-order valence-corrected chi connectivity index (χ1v) is 3.50. The second kappa shape index (κ2) is 3.36. The Morgan fingerprint density at radius 2 is 2.42 bits per heavy atom. The van der Waals surface area contributed by atoms with Crippen LogP contribution in [0, 0.1) is 0 Å². The van der Waals surface area contributed by atoms with Gasteiger partial charge < -0.3 is 5.32 Å². The average Bonchev–Trinajstić information content (AvgIpc) is 1.96. The van der Waals surface area contributed by atoms with E-state index in [2.05, 4.69) is 15.5 Å². The van der Waals surface area contributed by atoms with Gasteiger partial charge in [-0.1, -0.05) is 11.6 Å². The Balaban J connectivity index is 3.06. The van der Waals surface area contributed by atoms with Gasteiger partial charge in [0.1, 0.15) is 5.69 Å². The Labute approximate surface area is 72.7 Å². The van der Waals surface area contributed by atoms with Crippen LogP contribution in [0.15, 0.2) is 10.9 Å². The molecular formula is C6H6ClN3O2. The molecule has 12 heavy (non-hydrogen) atoms. The molecule has 6 heteroatoms. The molecule has 0 spiro atoms. The molecule has 1 aromatic rings. The Bertz CT molecular complexity index is 360. The van der Waals surface area contributed by atoms with Crippen LogP contribution in [0.4, 0.5) is 5.69 Å². The van der Waals surface area contributed by atoms with Gasteiger partial charge in [-0.05, 0) is 0 Å². The molecule has 0 aliphatic rings. The molecule has 1 heterocycles. The highest BCUT2D eigenvalue weighted by molar-refractivity contribution is 6.29. The second-order valence-electron chi connectivity index (χ2n) is 2.11. The van der Waals surface area contributed by atoms with Gasteiger partial charge in [-0.25, -0.2) is 5.10 Å². The van der Waals surface area contributed by atoms with Crippen LogP contribution in [-0.2, 0) is 4.79 Å². The van der Waals surface area contributed by atoms with Crippen molar-refractivity contribution >= 4 is 23.2 Å². The van der Waals surface area contributed by atoms with E-state index in [9.17, 15) is 9.59 Å². The third-order valence-corrected chi connectivity index (χ3v) is 1.28. The van der Waals surface area contributed by atoms with Crippen LogP contribution >= 0.6 is 11.6 Å². The number of nitrogens with zero attached hydrogens (tertiary/aromatic N) is 1. The van der Waals surface area contributed by atoms with E-state index in [-0.39, 0.29) is 16.7 Å². The van der Waals surface area contributed by atoms with Crippen molar-refractivity contribution in [1.29, 1.82) is 0 Å². The molecule has 0 aromatic carbocycles. The summed E-state index contributed by atoms with van der Waals surface area (Å²) < 4.78 is 0. The van der Waals surface area contributed by atoms with Crippen molar-refractivity contribution in [3.8, 4) is 0 Å². The van der Waals surface area contributed by atoms with Gasteiger partial charge in [0.2, 0.25) is 5.91 Å². The third-order valence-electron chi connectivity index (χ3n) is 1.08. The lowest BCUT2D eigenvalue weighted by Gasteiger charge is -1.98. The molecule has 1 rings (SSSR count). The molecule has 0 saturated heterocycles. The molecule has 2 N–H and O–H groups in total. The van der Waals surface area contributed by atoms with E-state index >= 15 is 0 Å². The zero-order chi connectivity index (χ0) is 9.14. The molecule has 0 radical (unpaired) electrons. The first-order chi connectivity index (χ1) is 5.59. The van der Waals surface area contributed by atoms with Crippen molar-refractivity contribution in [3.63, 3.8) is 0 Å². The van der Waals surface area contributed by atoms with Crippen LogP contribution < -0.4 is 10.9 Å². The topological polar surface area (TPSA) is 74.8 Å². The molecule has 0 bridgehead atoms. The summed E-state index contributed by atoms with van der Waals surface area (Å²) in [6, 6.07) is 1.28. The van der Waals surface area contributed by atoms with Crippen molar-refractivity contribution < 1.29 is 4.79 Å². The highest BCUT2D eigenvalue weighted by Crippen LogP contribution is 2.05. The van der Waals surface area contributed by atoms with Crippen LogP contribution in [0.3, 0.4) is 0 Å². The minimum absolute atomic E-state index is 0.0995. The molecule has 0 aliphatic carbocycles. The average molecular weight is 188 g/mol. The molecule has 64 valence electrons. The van der Waals surface area contributed by atoms with Crippen molar-refractivity contribution in [3.05, 3.63) is 21.6 Å². The lowest BCUT2D eigenvalue weighted by atomic mass is 10.4. The standard InChI is InChI=1S/C6H6ClN3O2/c1-3(11)8-4-2-5(7)9-10-6(4)12/h2H,1H3,(H,10,12)(H,8,9,11). The summed E-state index contributed by atoms with van der Waals surface area (Å²) in [6.07, 6.45) is 0. The summed E-state index contributed by atoms with van der Waals surface area (Å²) in [5, 5.41) is 7.97. The van der Waals surface area contributed by atoms with E-state index in [1.807, 2.05) is 0 Å². The number of halogens is 1. The van der Waals surface area contributed by atoms with Gasteiger partial charge in [-0.3, -0.25) is 9.59 Å². The number of hydrogen-bond donors (Lipinski definition) is 2. The van der Waals surface area contributed by atoms with Gasteiger partial charge in [0, 0.05) is 13.0 Å². The Morgan fingerprint density at radius 1 is 1.75 bits per heavy atom. The molecule has 1 aromatic heterocycles. The lowest BCUT2D eigenvalue weighted by Crippen LogP contribution is -2.18. The van der Waals surface area contributed by atoms with Gasteiger partial charge in [-0.2, -0.15) is 5.10 Å². The summed E-state index contributed by atoms with van der Waals surface area (Å²) in [4.78, 5) is 21.5. The number of H-pyrrole nitrogens is 1. The quantitative estimate of drug-likeness (QED) is 0.668. The molecular weight excluding hydrogens is 182 g/mol. The zero-order valence-electron chi connectivity index (χ0n) is 6.22. The maximum Gasteiger partial charge on any atom is 0.288 e. The van der Waals surface area contributed by atoms with E-state index in [1.54, 1.807) is 0 Å². The molecule has 0 aliphatic heterocycles. The van der Waals surface area contributed by atoms with Crippen LogP contribution in [0.5, 0.6) is 0 Å². The maximum atomic E-state index is 10.9. The molecule has 5 nitrogen and oxygen atoms in total.